The second-order valence-corrected chi connectivity index (χ2v) is 7.46. The van der Waals surface area contributed by atoms with Gasteiger partial charge < -0.3 is 15.6 Å². The minimum atomic E-state index is -4.81. The van der Waals surface area contributed by atoms with Crippen molar-refractivity contribution >= 4 is 28.4 Å². The Morgan fingerprint density at radius 1 is 1.09 bits per heavy atom. The highest BCUT2D eigenvalue weighted by atomic mass is 19.4. The number of pyridine rings is 1. The van der Waals surface area contributed by atoms with Crippen molar-refractivity contribution in [3.05, 3.63) is 84.2 Å². The average Bonchev–Trinajstić information content (AvgIpc) is 3.44. The molecule has 0 bridgehead atoms. The molecule has 0 atom stereocenters. The second kappa shape index (κ2) is 8.24. The number of amides is 1. The number of nitrogens with two attached hydrogens (primary N) is 1. The van der Waals surface area contributed by atoms with E-state index in [4.69, 9.17) is 10.3 Å². The molecule has 0 aliphatic heterocycles. The number of hydrogen-bond donors (Lipinski definition) is 2. The van der Waals surface area contributed by atoms with Crippen LogP contribution in [-0.4, -0.2) is 25.8 Å². The summed E-state index contributed by atoms with van der Waals surface area (Å²) in [7, 11) is 0. The van der Waals surface area contributed by atoms with E-state index < -0.39 is 29.3 Å². The van der Waals surface area contributed by atoms with E-state index in [1.165, 1.54) is 36.5 Å². The van der Waals surface area contributed by atoms with Gasteiger partial charge in [0.05, 0.1) is 11.1 Å². The molecule has 176 valence electrons. The van der Waals surface area contributed by atoms with Gasteiger partial charge in [-0.1, -0.05) is 11.2 Å². The van der Waals surface area contributed by atoms with Gasteiger partial charge in [-0.25, -0.2) is 9.07 Å². The molecule has 1 amide bonds. The topological polar surface area (TPSA) is 112 Å². The lowest BCUT2D eigenvalue weighted by Gasteiger charge is -2.10. The first-order valence-corrected chi connectivity index (χ1v) is 10.0. The summed E-state index contributed by atoms with van der Waals surface area (Å²) in [6, 6.07) is 12.1. The van der Waals surface area contributed by atoms with Crippen molar-refractivity contribution in [2.75, 3.05) is 11.1 Å². The highest BCUT2D eigenvalue weighted by molar-refractivity contribution is 6.04. The van der Waals surface area contributed by atoms with E-state index in [0.29, 0.717) is 22.6 Å². The third-order valence-corrected chi connectivity index (χ3v) is 5.16. The number of hydrogen-bond acceptors (Lipinski definition) is 6. The van der Waals surface area contributed by atoms with Gasteiger partial charge in [0.15, 0.2) is 17.1 Å². The lowest BCUT2D eigenvalue weighted by molar-refractivity contribution is -0.141. The molecule has 0 aliphatic carbocycles. The van der Waals surface area contributed by atoms with Crippen LogP contribution < -0.4 is 11.1 Å². The molecular formula is C23H14F4N6O2. The van der Waals surface area contributed by atoms with Crippen molar-refractivity contribution in [1.29, 1.82) is 0 Å². The predicted molar refractivity (Wildman–Crippen MR) is 118 cm³/mol. The minimum absolute atomic E-state index is 0.0280. The lowest BCUT2D eigenvalue weighted by atomic mass is 10.1. The van der Waals surface area contributed by atoms with E-state index in [0.717, 1.165) is 10.7 Å². The van der Waals surface area contributed by atoms with Gasteiger partial charge in [-0.2, -0.15) is 18.3 Å². The summed E-state index contributed by atoms with van der Waals surface area (Å²) in [5.41, 5.74) is 5.27. The van der Waals surface area contributed by atoms with E-state index in [1.54, 1.807) is 18.3 Å². The SMILES string of the molecule is Nc1noc2ccc(-n3nc(C(F)(F)F)cc3C(=O)Nc3ccc(-c4cccnc4)c(F)c3)cc12. The van der Waals surface area contributed by atoms with Crippen molar-refractivity contribution in [3.8, 4) is 16.8 Å². The Hall–Kier alpha value is -4.74. The first-order valence-electron chi connectivity index (χ1n) is 10.0. The van der Waals surface area contributed by atoms with Crippen molar-refractivity contribution in [2.24, 2.45) is 0 Å². The zero-order valence-corrected chi connectivity index (χ0v) is 17.5. The van der Waals surface area contributed by atoms with Crippen LogP contribution in [0.1, 0.15) is 16.2 Å². The molecule has 8 nitrogen and oxygen atoms in total. The molecule has 3 N–H and O–H groups in total. The number of carbonyl (C=O) groups is 1. The molecule has 3 heterocycles. The summed E-state index contributed by atoms with van der Waals surface area (Å²) in [4.78, 5) is 16.9. The number of anilines is 2. The first-order chi connectivity index (χ1) is 16.7. The summed E-state index contributed by atoms with van der Waals surface area (Å²) in [5, 5.41) is 9.92. The number of alkyl halides is 3. The zero-order valence-electron chi connectivity index (χ0n) is 17.5. The van der Waals surface area contributed by atoms with Gasteiger partial charge in [0, 0.05) is 35.3 Å². The highest BCUT2D eigenvalue weighted by Crippen LogP contribution is 2.31. The van der Waals surface area contributed by atoms with Crippen LogP contribution in [0.5, 0.6) is 0 Å². The monoisotopic (exact) mass is 482 g/mol. The second-order valence-electron chi connectivity index (χ2n) is 7.46. The van der Waals surface area contributed by atoms with E-state index in [1.807, 2.05) is 0 Å². The van der Waals surface area contributed by atoms with Crippen LogP contribution in [0.2, 0.25) is 0 Å². The van der Waals surface area contributed by atoms with E-state index in [2.05, 4.69) is 20.6 Å². The van der Waals surface area contributed by atoms with Crippen molar-refractivity contribution in [2.45, 2.75) is 6.18 Å². The van der Waals surface area contributed by atoms with Crippen molar-refractivity contribution in [3.63, 3.8) is 0 Å². The number of carbonyl (C=O) groups excluding carboxylic acids is 1. The molecule has 0 saturated heterocycles. The number of nitrogen functional groups attached to an aromatic ring is 1. The van der Waals surface area contributed by atoms with E-state index >= 15 is 0 Å². The minimum Gasteiger partial charge on any atom is -0.380 e. The fourth-order valence-electron chi connectivity index (χ4n) is 3.50. The van der Waals surface area contributed by atoms with Gasteiger partial charge in [0.1, 0.15) is 11.5 Å². The van der Waals surface area contributed by atoms with Crippen LogP contribution >= 0.6 is 0 Å². The Kier molecular flexibility index (Phi) is 5.20. The molecule has 5 rings (SSSR count). The van der Waals surface area contributed by atoms with Crippen LogP contribution in [0.3, 0.4) is 0 Å². The summed E-state index contributed by atoms with van der Waals surface area (Å²) >= 11 is 0. The molecule has 0 saturated carbocycles. The predicted octanol–water partition coefficient (Wildman–Crippen LogP) is 5.07. The highest BCUT2D eigenvalue weighted by Gasteiger charge is 2.36. The maximum atomic E-state index is 14.7. The molecule has 0 fully saturated rings. The summed E-state index contributed by atoms with van der Waals surface area (Å²) in [6.07, 6.45) is -1.78. The molecule has 0 aliphatic rings. The molecule has 2 aromatic carbocycles. The van der Waals surface area contributed by atoms with Gasteiger partial charge in [-0.05, 0) is 42.5 Å². The van der Waals surface area contributed by atoms with E-state index in [9.17, 15) is 22.4 Å². The molecule has 5 aromatic rings. The van der Waals surface area contributed by atoms with E-state index in [-0.39, 0.29) is 22.8 Å². The number of nitrogens with zero attached hydrogens (tertiary/aromatic N) is 4. The van der Waals surface area contributed by atoms with Gasteiger partial charge in [-0.3, -0.25) is 9.78 Å². The molecule has 3 aromatic heterocycles. The largest absolute Gasteiger partial charge is 0.435 e. The number of benzene rings is 2. The van der Waals surface area contributed by atoms with Gasteiger partial charge in [-0.15, -0.1) is 0 Å². The summed E-state index contributed by atoms with van der Waals surface area (Å²) in [5.74, 6) is -1.55. The third-order valence-electron chi connectivity index (χ3n) is 5.16. The van der Waals surface area contributed by atoms with Crippen LogP contribution in [0, 0.1) is 5.82 Å². The van der Waals surface area contributed by atoms with Gasteiger partial charge in [0.2, 0.25) is 0 Å². The quantitative estimate of drug-likeness (QED) is 0.346. The number of nitrogens with one attached hydrogen (secondary N) is 1. The zero-order chi connectivity index (χ0) is 24.7. The van der Waals surface area contributed by atoms with Crippen LogP contribution in [0.25, 0.3) is 27.8 Å². The number of aromatic nitrogens is 4. The smallest absolute Gasteiger partial charge is 0.380 e. The maximum absolute atomic E-state index is 14.7. The first kappa shape index (κ1) is 22.1. The molecular weight excluding hydrogens is 468 g/mol. The van der Waals surface area contributed by atoms with Crippen LogP contribution in [-0.2, 0) is 6.18 Å². The number of fused-ring (bicyclic) bond motifs is 1. The fraction of sp³-hybridized carbons (Fsp3) is 0.0435. The Labute approximate surface area is 194 Å². The third kappa shape index (κ3) is 4.16. The standard InChI is InChI=1S/C23H14F4N6O2/c24-17-8-13(3-5-15(17)12-2-1-7-29-11-12)30-22(34)18-10-20(23(25,26)27)31-33(18)14-4-6-19-16(9-14)21(28)32-35-19/h1-11H,(H2,28,32)(H,30,34). The maximum Gasteiger partial charge on any atom is 0.435 e. The Bertz CT molecular complexity index is 1560. The Morgan fingerprint density at radius 2 is 1.91 bits per heavy atom. The summed E-state index contributed by atoms with van der Waals surface area (Å²) < 4.78 is 60.7. The van der Waals surface area contributed by atoms with Gasteiger partial charge >= 0.3 is 6.18 Å². The fourth-order valence-corrected chi connectivity index (χ4v) is 3.50. The molecule has 0 spiro atoms. The summed E-state index contributed by atoms with van der Waals surface area (Å²) in [6.45, 7) is 0. The van der Waals surface area contributed by atoms with Crippen molar-refractivity contribution in [1.82, 2.24) is 19.9 Å². The molecule has 0 unspecified atom stereocenters. The molecule has 35 heavy (non-hydrogen) atoms. The molecule has 12 heteroatoms. The lowest BCUT2D eigenvalue weighted by Crippen LogP contribution is -2.17. The Morgan fingerprint density at radius 3 is 2.63 bits per heavy atom. The molecule has 0 radical (unpaired) electrons. The Balaban J connectivity index is 1.51. The average molecular weight is 482 g/mol. The number of rotatable bonds is 4. The number of halogens is 4. The van der Waals surface area contributed by atoms with Crippen LogP contribution in [0.4, 0.5) is 29.1 Å². The van der Waals surface area contributed by atoms with Crippen LogP contribution in [0.15, 0.2) is 71.5 Å². The van der Waals surface area contributed by atoms with Gasteiger partial charge in [0.25, 0.3) is 5.91 Å². The van der Waals surface area contributed by atoms with Crippen molar-refractivity contribution < 1.29 is 26.9 Å². The normalized spacial score (nSPS) is 11.7.